The van der Waals surface area contributed by atoms with Gasteiger partial charge in [0.05, 0.1) is 13.7 Å². The van der Waals surface area contributed by atoms with Gasteiger partial charge >= 0.3 is 6.36 Å². The first-order valence-corrected chi connectivity index (χ1v) is 4.90. The average Bonchev–Trinajstić information content (AvgIpc) is 2.24. The molecule has 0 saturated heterocycles. The second kappa shape index (κ2) is 5.77. The summed E-state index contributed by atoms with van der Waals surface area (Å²) in [5.41, 5.74) is 0.973. The number of hydrogen-bond acceptors (Lipinski definition) is 3. The Kier molecular flexibility index (Phi) is 4.62. The standard InChI is InChI=1S/C11H13F3O3/c1-8-3-4-9(10(7-8)15-2)16-5-6-17-11(12,13)14/h3-4,7H,5-6H2,1-2H3. The van der Waals surface area contributed by atoms with Crippen LogP contribution in [0.1, 0.15) is 5.56 Å². The molecule has 6 heteroatoms. The Labute approximate surface area is 97.1 Å². The van der Waals surface area contributed by atoms with Crippen molar-refractivity contribution in [2.24, 2.45) is 0 Å². The highest BCUT2D eigenvalue weighted by molar-refractivity contribution is 5.42. The molecule has 0 spiro atoms. The first-order valence-electron chi connectivity index (χ1n) is 4.90. The van der Waals surface area contributed by atoms with E-state index in [9.17, 15) is 13.2 Å². The number of aryl methyl sites for hydroxylation is 1. The van der Waals surface area contributed by atoms with Crippen LogP contribution in [0, 0.1) is 6.92 Å². The Balaban J connectivity index is 2.46. The third-order valence-electron chi connectivity index (χ3n) is 1.93. The molecule has 1 rings (SSSR count). The largest absolute Gasteiger partial charge is 0.522 e. The number of rotatable bonds is 5. The Hall–Kier alpha value is -1.43. The molecule has 17 heavy (non-hydrogen) atoms. The Morgan fingerprint density at radius 1 is 1.12 bits per heavy atom. The summed E-state index contributed by atoms with van der Waals surface area (Å²) in [6.45, 7) is 1.12. The number of benzene rings is 1. The highest BCUT2D eigenvalue weighted by atomic mass is 19.4. The lowest BCUT2D eigenvalue weighted by atomic mass is 10.2. The van der Waals surface area contributed by atoms with Gasteiger partial charge in [-0.3, -0.25) is 4.74 Å². The van der Waals surface area contributed by atoms with E-state index in [1.165, 1.54) is 7.11 Å². The fraction of sp³-hybridized carbons (Fsp3) is 0.455. The van der Waals surface area contributed by atoms with E-state index in [2.05, 4.69) is 4.74 Å². The Morgan fingerprint density at radius 3 is 2.41 bits per heavy atom. The molecule has 0 bridgehead atoms. The van der Waals surface area contributed by atoms with Crippen LogP contribution in [0.4, 0.5) is 13.2 Å². The van der Waals surface area contributed by atoms with Gasteiger partial charge in [0, 0.05) is 0 Å². The minimum Gasteiger partial charge on any atom is -0.493 e. The highest BCUT2D eigenvalue weighted by Gasteiger charge is 2.28. The van der Waals surface area contributed by atoms with E-state index < -0.39 is 13.0 Å². The number of ether oxygens (including phenoxy) is 3. The normalized spacial score (nSPS) is 11.4. The zero-order valence-electron chi connectivity index (χ0n) is 9.50. The lowest BCUT2D eigenvalue weighted by Gasteiger charge is -2.12. The molecule has 0 atom stereocenters. The van der Waals surface area contributed by atoms with E-state index in [-0.39, 0.29) is 6.61 Å². The number of halogens is 3. The summed E-state index contributed by atoms with van der Waals surface area (Å²) in [4.78, 5) is 0. The predicted molar refractivity (Wildman–Crippen MR) is 55.2 cm³/mol. The van der Waals surface area contributed by atoms with Crippen LogP contribution in [0.3, 0.4) is 0 Å². The molecule has 96 valence electrons. The highest BCUT2D eigenvalue weighted by Crippen LogP contribution is 2.27. The summed E-state index contributed by atoms with van der Waals surface area (Å²) < 4.78 is 48.8. The zero-order chi connectivity index (χ0) is 12.9. The summed E-state index contributed by atoms with van der Waals surface area (Å²) in [7, 11) is 1.47. The van der Waals surface area contributed by atoms with Gasteiger partial charge < -0.3 is 9.47 Å². The van der Waals surface area contributed by atoms with Crippen molar-refractivity contribution in [3.63, 3.8) is 0 Å². The number of hydrogen-bond donors (Lipinski definition) is 0. The molecule has 0 radical (unpaired) electrons. The molecule has 0 fully saturated rings. The van der Waals surface area contributed by atoms with Gasteiger partial charge in [0.25, 0.3) is 0 Å². The molecule has 0 N–H and O–H groups in total. The van der Waals surface area contributed by atoms with Gasteiger partial charge in [-0.1, -0.05) is 6.07 Å². The summed E-state index contributed by atoms with van der Waals surface area (Å²) in [6, 6.07) is 5.16. The zero-order valence-corrected chi connectivity index (χ0v) is 9.50. The van der Waals surface area contributed by atoms with Gasteiger partial charge in [-0.15, -0.1) is 13.2 Å². The lowest BCUT2D eigenvalue weighted by molar-refractivity contribution is -0.325. The SMILES string of the molecule is COc1cc(C)ccc1OCCOC(F)(F)F. The van der Waals surface area contributed by atoms with Gasteiger partial charge in [-0.25, -0.2) is 0 Å². The topological polar surface area (TPSA) is 27.7 Å². The van der Waals surface area contributed by atoms with Gasteiger partial charge in [0.15, 0.2) is 11.5 Å². The fourth-order valence-electron chi connectivity index (χ4n) is 1.20. The van der Waals surface area contributed by atoms with Crippen LogP contribution in [-0.2, 0) is 4.74 Å². The number of methoxy groups -OCH3 is 1. The molecule has 0 amide bonds. The Bertz CT molecular complexity index is 363. The second-order valence-corrected chi connectivity index (χ2v) is 3.30. The maximum atomic E-state index is 11.7. The monoisotopic (exact) mass is 250 g/mol. The maximum Gasteiger partial charge on any atom is 0.522 e. The molecule has 1 aromatic carbocycles. The Morgan fingerprint density at radius 2 is 1.82 bits per heavy atom. The van der Waals surface area contributed by atoms with E-state index >= 15 is 0 Å². The minimum absolute atomic E-state index is 0.196. The molecular weight excluding hydrogens is 237 g/mol. The molecular formula is C11H13F3O3. The third-order valence-corrected chi connectivity index (χ3v) is 1.93. The van der Waals surface area contributed by atoms with Crippen molar-refractivity contribution in [3.05, 3.63) is 23.8 Å². The second-order valence-electron chi connectivity index (χ2n) is 3.30. The van der Waals surface area contributed by atoms with Crippen LogP contribution in [0.25, 0.3) is 0 Å². The van der Waals surface area contributed by atoms with Crippen LogP contribution in [0.15, 0.2) is 18.2 Å². The van der Waals surface area contributed by atoms with Crippen molar-refractivity contribution >= 4 is 0 Å². The van der Waals surface area contributed by atoms with E-state index in [1.54, 1.807) is 18.2 Å². The first-order chi connectivity index (χ1) is 7.92. The smallest absolute Gasteiger partial charge is 0.493 e. The third kappa shape index (κ3) is 4.95. The summed E-state index contributed by atoms with van der Waals surface area (Å²) in [6.07, 6.45) is -4.62. The van der Waals surface area contributed by atoms with Crippen molar-refractivity contribution in [1.82, 2.24) is 0 Å². The molecule has 1 aromatic rings. The maximum absolute atomic E-state index is 11.7. The minimum atomic E-state index is -4.62. The van der Waals surface area contributed by atoms with Crippen molar-refractivity contribution in [2.75, 3.05) is 20.3 Å². The molecule has 0 unspecified atom stereocenters. The first kappa shape index (κ1) is 13.6. The molecule has 0 aliphatic carbocycles. The van der Waals surface area contributed by atoms with E-state index in [0.29, 0.717) is 11.5 Å². The number of alkyl halides is 3. The fourth-order valence-corrected chi connectivity index (χ4v) is 1.20. The van der Waals surface area contributed by atoms with E-state index in [1.807, 2.05) is 6.92 Å². The van der Waals surface area contributed by atoms with Crippen molar-refractivity contribution < 1.29 is 27.4 Å². The van der Waals surface area contributed by atoms with Crippen LogP contribution in [-0.4, -0.2) is 26.7 Å². The van der Waals surface area contributed by atoms with Gasteiger partial charge in [0.2, 0.25) is 0 Å². The predicted octanol–water partition coefficient (Wildman–Crippen LogP) is 2.92. The molecule has 0 aliphatic heterocycles. The summed E-state index contributed by atoms with van der Waals surface area (Å²) >= 11 is 0. The van der Waals surface area contributed by atoms with Crippen LogP contribution in [0.5, 0.6) is 11.5 Å². The summed E-state index contributed by atoms with van der Waals surface area (Å²) in [5, 5.41) is 0. The molecule has 0 saturated carbocycles. The molecule has 3 nitrogen and oxygen atoms in total. The molecule has 0 heterocycles. The average molecular weight is 250 g/mol. The molecule has 0 aliphatic rings. The van der Waals surface area contributed by atoms with E-state index in [0.717, 1.165) is 5.56 Å². The van der Waals surface area contributed by atoms with Crippen molar-refractivity contribution in [3.8, 4) is 11.5 Å². The summed E-state index contributed by atoms with van der Waals surface area (Å²) in [5.74, 6) is 0.876. The van der Waals surface area contributed by atoms with Crippen LogP contribution >= 0.6 is 0 Å². The lowest BCUT2D eigenvalue weighted by Crippen LogP contribution is -2.18. The van der Waals surface area contributed by atoms with Crippen molar-refractivity contribution in [1.29, 1.82) is 0 Å². The van der Waals surface area contributed by atoms with Crippen molar-refractivity contribution in [2.45, 2.75) is 13.3 Å². The molecule has 0 aromatic heterocycles. The van der Waals surface area contributed by atoms with Gasteiger partial charge in [0.1, 0.15) is 6.61 Å². The van der Waals surface area contributed by atoms with Gasteiger partial charge in [-0.05, 0) is 24.6 Å². The quantitative estimate of drug-likeness (QED) is 0.752. The van der Waals surface area contributed by atoms with Crippen LogP contribution < -0.4 is 9.47 Å². The van der Waals surface area contributed by atoms with Crippen LogP contribution in [0.2, 0.25) is 0 Å². The van der Waals surface area contributed by atoms with E-state index in [4.69, 9.17) is 9.47 Å². The van der Waals surface area contributed by atoms with Gasteiger partial charge in [-0.2, -0.15) is 0 Å².